The predicted octanol–water partition coefficient (Wildman–Crippen LogP) is 2.10. The van der Waals surface area contributed by atoms with Gasteiger partial charge in [-0.3, -0.25) is 0 Å². The van der Waals surface area contributed by atoms with E-state index in [0.717, 1.165) is 43.4 Å². The molecule has 1 heterocycles. The van der Waals surface area contributed by atoms with Gasteiger partial charge in [-0.25, -0.2) is 8.42 Å². The van der Waals surface area contributed by atoms with Crippen LogP contribution in [0, 0.1) is 5.92 Å². The third-order valence-electron chi connectivity index (χ3n) is 3.61. The maximum absolute atomic E-state index is 12.7. The number of rotatable bonds is 6. The van der Waals surface area contributed by atoms with Crippen LogP contribution in [0.15, 0.2) is 4.34 Å². The summed E-state index contributed by atoms with van der Waals surface area (Å²) in [4.78, 5) is 0. The van der Waals surface area contributed by atoms with Crippen LogP contribution < -0.4 is 5.73 Å². The fraction of sp³-hybridized carbons (Fsp3) is 0.833. The number of nitrogens with zero attached hydrogens (tertiary/aromatic N) is 3. The van der Waals surface area contributed by atoms with Crippen molar-refractivity contribution < 1.29 is 8.42 Å². The number of nitrogen functional groups attached to an aromatic ring is 1. The van der Waals surface area contributed by atoms with E-state index in [9.17, 15) is 8.42 Å². The Morgan fingerprint density at radius 1 is 1.35 bits per heavy atom. The minimum Gasteiger partial charge on any atom is -0.374 e. The largest absolute Gasteiger partial charge is 0.374 e. The van der Waals surface area contributed by atoms with E-state index in [1.165, 1.54) is 0 Å². The average molecular weight is 318 g/mol. The highest BCUT2D eigenvalue weighted by molar-refractivity contribution is 7.91. The molecule has 2 N–H and O–H groups in total. The Labute approximate surface area is 124 Å². The Bertz CT molecular complexity index is 535. The van der Waals surface area contributed by atoms with Crippen molar-refractivity contribution in [3.63, 3.8) is 0 Å². The van der Waals surface area contributed by atoms with Gasteiger partial charge in [-0.1, -0.05) is 38.0 Å². The van der Waals surface area contributed by atoms with Crippen LogP contribution >= 0.6 is 11.3 Å². The molecule has 20 heavy (non-hydrogen) atoms. The van der Waals surface area contributed by atoms with E-state index in [2.05, 4.69) is 24.0 Å². The molecule has 0 bridgehead atoms. The van der Waals surface area contributed by atoms with Gasteiger partial charge in [-0.2, -0.15) is 4.31 Å². The Hall–Kier alpha value is -0.730. The van der Waals surface area contributed by atoms with Crippen LogP contribution in [-0.2, 0) is 10.0 Å². The van der Waals surface area contributed by atoms with Gasteiger partial charge in [0, 0.05) is 12.6 Å². The van der Waals surface area contributed by atoms with Crippen molar-refractivity contribution in [1.29, 1.82) is 0 Å². The van der Waals surface area contributed by atoms with Crippen LogP contribution in [-0.4, -0.2) is 35.5 Å². The van der Waals surface area contributed by atoms with Crippen LogP contribution in [0.1, 0.15) is 46.0 Å². The Morgan fingerprint density at radius 3 is 2.50 bits per heavy atom. The van der Waals surface area contributed by atoms with E-state index in [-0.39, 0.29) is 15.5 Å². The second-order valence-electron chi connectivity index (χ2n) is 5.64. The van der Waals surface area contributed by atoms with Gasteiger partial charge < -0.3 is 5.73 Å². The summed E-state index contributed by atoms with van der Waals surface area (Å²) in [6, 6.07) is 0.101. The highest BCUT2D eigenvalue weighted by atomic mass is 32.2. The lowest BCUT2D eigenvalue weighted by molar-refractivity contribution is 0.304. The molecule has 1 aromatic rings. The van der Waals surface area contributed by atoms with E-state index >= 15 is 0 Å². The van der Waals surface area contributed by atoms with Crippen molar-refractivity contribution in [2.24, 2.45) is 5.92 Å². The first kappa shape index (κ1) is 15.7. The van der Waals surface area contributed by atoms with Crippen molar-refractivity contribution in [2.75, 3.05) is 12.3 Å². The Kier molecular flexibility index (Phi) is 4.98. The molecule has 0 aliphatic heterocycles. The molecule has 0 saturated heterocycles. The topological polar surface area (TPSA) is 89.2 Å². The number of anilines is 1. The zero-order chi connectivity index (χ0) is 14.8. The fourth-order valence-corrected chi connectivity index (χ4v) is 5.10. The molecule has 0 unspecified atom stereocenters. The molecular formula is C12H22N4O2S2. The summed E-state index contributed by atoms with van der Waals surface area (Å²) in [5, 5.41) is 7.54. The monoisotopic (exact) mass is 318 g/mol. The Morgan fingerprint density at radius 2 is 2.00 bits per heavy atom. The quantitative estimate of drug-likeness (QED) is 0.867. The smallest absolute Gasteiger partial charge is 0.272 e. The van der Waals surface area contributed by atoms with Crippen molar-refractivity contribution >= 4 is 26.5 Å². The lowest BCUT2D eigenvalue weighted by Gasteiger charge is -2.27. The number of hydrogen-bond donors (Lipinski definition) is 1. The van der Waals surface area contributed by atoms with Crippen LogP contribution in [0.4, 0.5) is 5.13 Å². The lowest BCUT2D eigenvalue weighted by atomic mass is 10.1. The molecule has 2 rings (SSSR count). The molecule has 0 aromatic carbocycles. The second-order valence-corrected chi connectivity index (χ2v) is 8.72. The van der Waals surface area contributed by atoms with Gasteiger partial charge in [0.1, 0.15) is 0 Å². The molecule has 1 saturated carbocycles. The third-order valence-corrected chi connectivity index (χ3v) is 6.66. The Balaban J connectivity index is 2.24. The van der Waals surface area contributed by atoms with Crippen LogP contribution in [0.5, 0.6) is 0 Å². The highest BCUT2D eigenvalue weighted by Gasteiger charge is 2.35. The van der Waals surface area contributed by atoms with Gasteiger partial charge in [0.25, 0.3) is 10.0 Å². The first-order chi connectivity index (χ1) is 9.41. The molecule has 114 valence electrons. The lowest BCUT2D eigenvalue weighted by Crippen LogP contribution is -2.39. The molecule has 0 radical (unpaired) electrons. The third kappa shape index (κ3) is 3.48. The van der Waals surface area contributed by atoms with E-state index in [1.807, 2.05) is 0 Å². The van der Waals surface area contributed by atoms with Crippen molar-refractivity contribution in [1.82, 2.24) is 14.5 Å². The summed E-state index contributed by atoms with van der Waals surface area (Å²) < 4.78 is 27.1. The van der Waals surface area contributed by atoms with Gasteiger partial charge in [0.2, 0.25) is 9.47 Å². The van der Waals surface area contributed by atoms with E-state index < -0.39 is 10.0 Å². The molecule has 0 amide bonds. The van der Waals surface area contributed by atoms with Gasteiger partial charge >= 0.3 is 0 Å². The summed E-state index contributed by atoms with van der Waals surface area (Å²) in [7, 11) is -3.56. The second kappa shape index (κ2) is 6.36. The predicted molar refractivity (Wildman–Crippen MR) is 79.9 cm³/mol. The highest BCUT2D eigenvalue weighted by Crippen LogP contribution is 2.30. The number of nitrogens with two attached hydrogens (primary N) is 1. The average Bonchev–Trinajstić information content (AvgIpc) is 3.00. The number of hydrogen-bond acceptors (Lipinski definition) is 6. The van der Waals surface area contributed by atoms with Crippen LogP contribution in [0.3, 0.4) is 0 Å². The van der Waals surface area contributed by atoms with Crippen molar-refractivity contribution in [3.8, 4) is 0 Å². The summed E-state index contributed by atoms with van der Waals surface area (Å²) in [6.45, 7) is 4.74. The molecule has 0 spiro atoms. The summed E-state index contributed by atoms with van der Waals surface area (Å²) in [5.41, 5.74) is 5.51. The minimum absolute atomic E-state index is 0.0191. The summed E-state index contributed by atoms with van der Waals surface area (Å²) in [6.07, 6.45) is 4.91. The standard InChI is InChI=1S/C12H22N4O2S2/c1-9(2)7-8-16(10-5-3-4-6-10)20(17,18)12-15-14-11(13)19-12/h9-10H,3-8H2,1-2H3,(H2,13,14). The SMILES string of the molecule is CC(C)CCN(C1CCCC1)S(=O)(=O)c1nnc(N)s1. The maximum atomic E-state index is 12.7. The molecule has 1 fully saturated rings. The van der Waals surface area contributed by atoms with E-state index in [0.29, 0.717) is 12.5 Å². The summed E-state index contributed by atoms with van der Waals surface area (Å²) >= 11 is 0.942. The molecule has 1 aliphatic rings. The zero-order valence-electron chi connectivity index (χ0n) is 11.9. The molecular weight excluding hydrogens is 296 g/mol. The zero-order valence-corrected chi connectivity index (χ0v) is 13.6. The van der Waals surface area contributed by atoms with Gasteiger partial charge in [-0.15, -0.1) is 10.2 Å². The number of sulfonamides is 1. The van der Waals surface area contributed by atoms with Gasteiger partial charge in [0.05, 0.1) is 0 Å². The van der Waals surface area contributed by atoms with Crippen molar-refractivity contribution in [3.05, 3.63) is 0 Å². The molecule has 0 atom stereocenters. The summed E-state index contributed by atoms with van der Waals surface area (Å²) in [5.74, 6) is 0.466. The molecule has 8 heteroatoms. The van der Waals surface area contributed by atoms with Crippen LogP contribution in [0.25, 0.3) is 0 Å². The maximum Gasteiger partial charge on any atom is 0.272 e. The first-order valence-electron chi connectivity index (χ1n) is 7.02. The molecule has 1 aromatic heterocycles. The normalized spacial score (nSPS) is 17.4. The van der Waals surface area contributed by atoms with E-state index in [4.69, 9.17) is 5.73 Å². The number of aromatic nitrogens is 2. The fourth-order valence-electron chi connectivity index (χ4n) is 2.50. The minimum atomic E-state index is -3.56. The first-order valence-corrected chi connectivity index (χ1v) is 9.27. The van der Waals surface area contributed by atoms with Crippen molar-refractivity contribution in [2.45, 2.75) is 56.3 Å². The van der Waals surface area contributed by atoms with Crippen LogP contribution in [0.2, 0.25) is 0 Å². The van der Waals surface area contributed by atoms with Gasteiger partial charge in [0.15, 0.2) is 0 Å². The van der Waals surface area contributed by atoms with E-state index in [1.54, 1.807) is 4.31 Å². The molecule has 6 nitrogen and oxygen atoms in total. The van der Waals surface area contributed by atoms with Gasteiger partial charge in [-0.05, 0) is 25.2 Å². The molecule has 1 aliphatic carbocycles.